The molecule has 0 aromatic heterocycles. The highest BCUT2D eigenvalue weighted by atomic mass is 32.2. The molecule has 1 atom stereocenters. The van der Waals surface area contributed by atoms with Gasteiger partial charge in [0.25, 0.3) is 0 Å². The van der Waals surface area contributed by atoms with E-state index < -0.39 is 0 Å². The van der Waals surface area contributed by atoms with Crippen LogP contribution in [0.5, 0.6) is 0 Å². The van der Waals surface area contributed by atoms with Gasteiger partial charge in [-0.2, -0.15) is 17.0 Å². The Labute approximate surface area is 121 Å². The highest BCUT2D eigenvalue weighted by Crippen LogP contribution is 2.19. The second-order valence-corrected chi connectivity index (χ2v) is 6.16. The van der Waals surface area contributed by atoms with Crippen molar-refractivity contribution in [3.63, 3.8) is 0 Å². The molecule has 1 N–H and O–H groups in total. The molecule has 0 aliphatic heterocycles. The molecule has 0 saturated carbocycles. The largest absolute Gasteiger partial charge is 0.300 e. The summed E-state index contributed by atoms with van der Waals surface area (Å²) in [5.74, 6) is 2.17. The standard InChI is InChI=1S/C16H24N2S/c1-4-18-16(3,13-17)10-7-11-19-12-15-9-6-5-8-14(15)2/h5-6,8-9,18H,4,7,10-12H2,1-3H3. The second kappa shape index (κ2) is 8.24. The van der Waals surface area contributed by atoms with Crippen molar-refractivity contribution in [3.8, 4) is 6.07 Å². The lowest BCUT2D eigenvalue weighted by Crippen LogP contribution is -2.40. The van der Waals surface area contributed by atoms with E-state index in [-0.39, 0.29) is 5.54 Å². The minimum absolute atomic E-state index is 0.363. The fourth-order valence-electron chi connectivity index (χ4n) is 2.06. The first kappa shape index (κ1) is 16.1. The predicted molar refractivity (Wildman–Crippen MR) is 84.3 cm³/mol. The summed E-state index contributed by atoms with van der Waals surface area (Å²) in [5, 5.41) is 12.4. The van der Waals surface area contributed by atoms with Crippen LogP contribution in [0.25, 0.3) is 0 Å². The number of nitrogens with one attached hydrogen (secondary N) is 1. The van der Waals surface area contributed by atoms with Crippen LogP contribution in [0.2, 0.25) is 0 Å². The molecular formula is C16H24N2S. The second-order valence-electron chi connectivity index (χ2n) is 5.06. The van der Waals surface area contributed by atoms with Crippen molar-refractivity contribution in [2.24, 2.45) is 0 Å². The third-order valence-corrected chi connectivity index (χ3v) is 4.39. The SMILES string of the molecule is CCNC(C)(C#N)CCCSCc1ccccc1C. The number of hydrogen-bond acceptors (Lipinski definition) is 3. The zero-order valence-electron chi connectivity index (χ0n) is 12.2. The number of aryl methyl sites for hydroxylation is 1. The normalized spacial score (nSPS) is 13.8. The molecule has 0 aliphatic carbocycles. The van der Waals surface area contributed by atoms with E-state index in [1.54, 1.807) is 0 Å². The summed E-state index contributed by atoms with van der Waals surface area (Å²) in [4.78, 5) is 0. The zero-order valence-corrected chi connectivity index (χ0v) is 13.0. The van der Waals surface area contributed by atoms with Crippen LogP contribution < -0.4 is 5.32 Å². The van der Waals surface area contributed by atoms with Gasteiger partial charge >= 0.3 is 0 Å². The zero-order chi connectivity index (χ0) is 14.1. The molecule has 0 radical (unpaired) electrons. The summed E-state index contributed by atoms with van der Waals surface area (Å²) in [5.41, 5.74) is 2.42. The molecule has 1 unspecified atom stereocenters. The summed E-state index contributed by atoms with van der Waals surface area (Å²) >= 11 is 1.95. The Morgan fingerprint density at radius 3 is 2.74 bits per heavy atom. The van der Waals surface area contributed by atoms with Crippen LogP contribution in [0.4, 0.5) is 0 Å². The van der Waals surface area contributed by atoms with Crippen molar-refractivity contribution in [1.29, 1.82) is 5.26 Å². The summed E-state index contributed by atoms with van der Waals surface area (Å²) in [7, 11) is 0. The van der Waals surface area contributed by atoms with Gasteiger partial charge in [-0.15, -0.1) is 0 Å². The molecule has 3 heteroatoms. The Balaban J connectivity index is 2.25. The van der Waals surface area contributed by atoms with Crippen molar-refractivity contribution < 1.29 is 0 Å². The number of rotatable bonds is 8. The van der Waals surface area contributed by atoms with E-state index in [0.29, 0.717) is 0 Å². The monoisotopic (exact) mass is 276 g/mol. The van der Waals surface area contributed by atoms with Crippen LogP contribution in [0.1, 0.15) is 37.8 Å². The van der Waals surface area contributed by atoms with Gasteiger partial charge in [-0.05, 0) is 50.1 Å². The van der Waals surface area contributed by atoms with Gasteiger partial charge in [0, 0.05) is 5.75 Å². The highest BCUT2D eigenvalue weighted by molar-refractivity contribution is 7.98. The van der Waals surface area contributed by atoms with Crippen LogP contribution in [-0.2, 0) is 5.75 Å². The number of nitrogens with zero attached hydrogens (tertiary/aromatic N) is 1. The van der Waals surface area contributed by atoms with Crippen molar-refractivity contribution in [2.75, 3.05) is 12.3 Å². The van der Waals surface area contributed by atoms with Gasteiger partial charge in [-0.3, -0.25) is 5.32 Å². The first-order valence-corrected chi connectivity index (χ1v) is 8.05. The maximum Gasteiger partial charge on any atom is 0.103 e. The Bertz CT molecular complexity index is 425. The first-order valence-electron chi connectivity index (χ1n) is 6.90. The number of hydrogen-bond donors (Lipinski definition) is 1. The van der Waals surface area contributed by atoms with E-state index in [9.17, 15) is 0 Å². The van der Waals surface area contributed by atoms with E-state index >= 15 is 0 Å². The lowest BCUT2D eigenvalue weighted by molar-refractivity contribution is 0.426. The van der Waals surface area contributed by atoms with E-state index in [1.165, 1.54) is 11.1 Å². The Morgan fingerprint density at radius 1 is 1.37 bits per heavy atom. The fourth-order valence-corrected chi connectivity index (χ4v) is 3.09. The Kier molecular flexibility index (Phi) is 6.97. The molecule has 0 saturated heterocycles. The van der Waals surface area contributed by atoms with E-state index in [2.05, 4.69) is 42.6 Å². The molecular weight excluding hydrogens is 252 g/mol. The average Bonchev–Trinajstić information content (AvgIpc) is 2.41. The first-order chi connectivity index (χ1) is 9.11. The molecule has 0 spiro atoms. The molecule has 19 heavy (non-hydrogen) atoms. The van der Waals surface area contributed by atoms with Crippen LogP contribution in [-0.4, -0.2) is 17.8 Å². The molecule has 1 aromatic carbocycles. The maximum absolute atomic E-state index is 9.17. The van der Waals surface area contributed by atoms with Crippen LogP contribution in [0.15, 0.2) is 24.3 Å². The van der Waals surface area contributed by atoms with Gasteiger partial charge in [-0.1, -0.05) is 31.2 Å². The number of thioether (sulfide) groups is 1. The predicted octanol–water partition coefficient (Wildman–Crippen LogP) is 3.90. The van der Waals surface area contributed by atoms with Gasteiger partial charge in [0.15, 0.2) is 0 Å². The van der Waals surface area contributed by atoms with Gasteiger partial charge < -0.3 is 0 Å². The van der Waals surface area contributed by atoms with Crippen LogP contribution >= 0.6 is 11.8 Å². The molecule has 0 heterocycles. The summed E-state index contributed by atoms with van der Waals surface area (Å²) < 4.78 is 0. The Morgan fingerprint density at radius 2 is 2.11 bits per heavy atom. The van der Waals surface area contributed by atoms with Gasteiger partial charge in [0.05, 0.1) is 6.07 Å². The minimum Gasteiger partial charge on any atom is -0.300 e. The van der Waals surface area contributed by atoms with Crippen molar-refractivity contribution in [2.45, 2.75) is 44.9 Å². The molecule has 1 aromatic rings. The molecule has 0 fully saturated rings. The quantitative estimate of drug-likeness (QED) is 0.731. The number of benzene rings is 1. The lowest BCUT2D eigenvalue weighted by Gasteiger charge is -2.22. The van der Waals surface area contributed by atoms with Crippen molar-refractivity contribution >= 4 is 11.8 Å². The van der Waals surface area contributed by atoms with Crippen LogP contribution in [0.3, 0.4) is 0 Å². The third-order valence-electron chi connectivity index (χ3n) is 3.30. The van der Waals surface area contributed by atoms with Crippen molar-refractivity contribution in [1.82, 2.24) is 5.32 Å². The average molecular weight is 276 g/mol. The minimum atomic E-state index is -0.363. The smallest absolute Gasteiger partial charge is 0.103 e. The van der Waals surface area contributed by atoms with Crippen molar-refractivity contribution in [3.05, 3.63) is 35.4 Å². The summed E-state index contributed by atoms with van der Waals surface area (Å²) in [6.07, 6.45) is 1.99. The van der Waals surface area contributed by atoms with Crippen LogP contribution in [0, 0.1) is 18.3 Å². The fraction of sp³-hybridized carbons (Fsp3) is 0.562. The van der Waals surface area contributed by atoms with E-state index in [1.807, 2.05) is 25.6 Å². The third kappa shape index (κ3) is 5.67. The summed E-state index contributed by atoms with van der Waals surface area (Å²) in [6, 6.07) is 10.9. The molecule has 0 amide bonds. The highest BCUT2D eigenvalue weighted by Gasteiger charge is 2.21. The lowest BCUT2D eigenvalue weighted by atomic mass is 9.98. The molecule has 0 bridgehead atoms. The molecule has 2 nitrogen and oxygen atoms in total. The maximum atomic E-state index is 9.17. The summed E-state index contributed by atoms with van der Waals surface area (Å²) in [6.45, 7) is 7.04. The van der Waals surface area contributed by atoms with E-state index in [0.717, 1.165) is 30.9 Å². The van der Waals surface area contributed by atoms with Gasteiger partial charge in [0.1, 0.15) is 5.54 Å². The van der Waals surface area contributed by atoms with Gasteiger partial charge in [-0.25, -0.2) is 0 Å². The molecule has 104 valence electrons. The van der Waals surface area contributed by atoms with E-state index in [4.69, 9.17) is 5.26 Å². The molecule has 1 rings (SSSR count). The topological polar surface area (TPSA) is 35.8 Å². The molecule has 0 aliphatic rings. The Hall–Kier alpha value is -0.980. The van der Waals surface area contributed by atoms with Gasteiger partial charge in [0.2, 0.25) is 0 Å². The number of nitriles is 1.